The number of hydrogen-bond acceptors (Lipinski definition) is 11. The molecule has 66 heavy (non-hydrogen) atoms. The van der Waals surface area contributed by atoms with Crippen LogP contribution in [-0.2, 0) is 9.47 Å². The maximum absolute atomic E-state index is 13.2. The molecule has 2 aromatic heterocycles. The lowest BCUT2D eigenvalue weighted by Gasteiger charge is -2.28. The Morgan fingerprint density at radius 3 is 1.44 bits per heavy atom. The zero-order chi connectivity index (χ0) is 47.3. The molecule has 2 aliphatic heterocycles. The summed E-state index contributed by atoms with van der Waals surface area (Å²) in [5.41, 5.74) is 13.6. The maximum atomic E-state index is 13.2. The number of ether oxygens (including phenoxy) is 2. The van der Waals surface area contributed by atoms with E-state index >= 15 is 0 Å². The maximum Gasteiger partial charge on any atom is 0.420 e. The van der Waals surface area contributed by atoms with E-state index < -0.39 is 28.3 Å². The van der Waals surface area contributed by atoms with Crippen molar-refractivity contribution in [2.24, 2.45) is 9.98 Å². The van der Waals surface area contributed by atoms with Gasteiger partial charge < -0.3 is 15.2 Å². The van der Waals surface area contributed by atoms with E-state index in [1.54, 1.807) is 56.9 Å². The number of amides is 2. The van der Waals surface area contributed by atoms with Crippen LogP contribution in [0.4, 0.5) is 32.3 Å². The summed E-state index contributed by atoms with van der Waals surface area (Å²) in [7, 11) is 0. The van der Waals surface area contributed by atoms with Crippen molar-refractivity contribution in [3.63, 3.8) is 0 Å². The number of nitrogen functional groups attached to an aromatic ring is 1. The molecule has 2 amide bonds. The van der Waals surface area contributed by atoms with Gasteiger partial charge in [0.2, 0.25) is 0 Å². The Bertz CT molecular complexity index is 2870. The molecule has 4 aromatic carbocycles. The predicted octanol–water partition coefficient (Wildman–Crippen LogP) is 10.3. The van der Waals surface area contributed by atoms with Gasteiger partial charge in [0.25, 0.3) is 5.69 Å². The summed E-state index contributed by atoms with van der Waals surface area (Å²) in [6.07, 6.45) is 9.94. The number of rotatable bonds is 7. The summed E-state index contributed by atoms with van der Waals surface area (Å²) >= 11 is 0. The number of non-ortho nitro benzene ring substituents is 1. The topological polar surface area (TPSA) is 189 Å². The molecule has 16 nitrogen and oxygen atoms in total. The molecule has 338 valence electrons. The van der Waals surface area contributed by atoms with Gasteiger partial charge in [-0.2, -0.15) is 10.2 Å². The second kappa shape index (κ2) is 18.9. The summed E-state index contributed by atoms with van der Waals surface area (Å²) in [6, 6.07) is 29.5. The number of aromatic nitrogens is 4. The number of amidine groups is 2. The first kappa shape index (κ1) is 45.9. The fourth-order valence-electron chi connectivity index (χ4n) is 7.13. The van der Waals surface area contributed by atoms with E-state index in [9.17, 15) is 19.7 Å². The zero-order valence-electron chi connectivity index (χ0n) is 38.2. The van der Waals surface area contributed by atoms with E-state index in [1.807, 2.05) is 130 Å². The number of carbonyl (C=O) groups excluding carboxylic acids is 2. The van der Waals surface area contributed by atoms with Crippen LogP contribution in [-0.4, -0.2) is 72.6 Å². The second-order valence-corrected chi connectivity index (χ2v) is 17.6. The van der Waals surface area contributed by atoms with Gasteiger partial charge >= 0.3 is 12.2 Å². The van der Waals surface area contributed by atoms with Crippen molar-refractivity contribution < 1.29 is 24.0 Å². The normalized spacial score (nSPS) is 13.4. The highest BCUT2D eigenvalue weighted by Crippen LogP contribution is 2.32. The first-order valence-corrected chi connectivity index (χ1v) is 21.2. The molecule has 16 heteroatoms. The number of hydrogen-bond donors (Lipinski definition) is 1. The minimum absolute atomic E-state index is 0.0488. The van der Waals surface area contributed by atoms with Crippen LogP contribution in [0.15, 0.2) is 144 Å². The summed E-state index contributed by atoms with van der Waals surface area (Å²) in [4.78, 5) is 49.2. The molecular weight excluding hydrogens is 837 g/mol. The molecule has 0 spiro atoms. The summed E-state index contributed by atoms with van der Waals surface area (Å²) in [5, 5.41) is 19.7. The van der Waals surface area contributed by atoms with Crippen LogP contribution in [0.5, 0.6) is 0 Å². The molecule has 0 saturated heterocycles. The average molecular weight is 889 g/mol. The van der Waals surface area contributed by atoms with E-state index in [0.717, 1.165) is 39.2 Å². The minimum atomic E-state index is -0.724. The molecule has 8 rings (SSSR count). The van der Waals surface area contributed by atoms with Gasteiger partial charge in [-0.05, 0) is 162 Å². The van der Waals surface area contributed by atoms with Gasteiger partial charge in [-0.25, -0.2) is 28.8 Å². The minimum Gasteiger partial charge on any atom is -0.443 e. The van der Waals surface area contributed by atoms with E-state index in [1.165, 1.54) is 21.9 Å². The lowest BCUT2D eigenvalue weighted by Crippen LogP contribution is -2.40. The number of anilines is 3. The number of nitro groups is 1. The van der Waals surface area contributed by atoms with Crippen LogP contribution in [0.3, 0.4) is 0 Å². The van der Waals surface area contributed by atoms with Crippen LogP contribution < -0.4 is 15.5 Å². The second-order valence-electron chi connectivity index (χ2n) is 17.6. The van der Waals surface area contributed by atoms with E-state index in [2.05, 4.69) is 20.2 Å². The molecule has 2 N–H and O–H groups in total. The Labute approximate surface area is 383 Å². The van der Waals surface area contributed by atoms with Crippen molar-refractivity contribution >= 4 is 57.8 Å². The average Bonchev–Trinajstić information content (AvgIpc) is 4.11. The summed E-state index contributed by atoms with van der Waals surface area (Å²) in [6.45, 7) is 15.4. The van der Waals surface area contributed by atoms with Crippen molar-refractivity contribution in [2.75, 3.05) is 28.6 Å². The highest BCUT2D eigenvalue weighted by Gasteiger charge is 2.32. The van der Waals surface area contributed by atoms with Crippen LogP contribution in [0, 0.1) is 24.0 Å². The molecule has 4 heterocycles. The van der Waals surface area contributed by atoms with Crippen LogP contribution in [0.2, 0.25) is 0 Å². The fraction of sp³-hybridized carbons (Fsp3) is 0.240. The fourth-order valence-corrected chi connectivity index (χ4v) is 7.13. The molecular formula is C50H52N10O6. The number of benzene rings is 4. The number of carbonyl (C=O) groups is 2. The molecule has 2 aliphatic rings. The molecule has 0 bridgehead atoms. The van der Waals surface area contributed by atoms with Crippen molar-refractivity contribution in [1.29, 1.82) is 0 Å². The highest BCUT2D eigenvalue weighted by molar-refractivity contribution is 6.24. The molecule has 0 aliphatic carbocycles. The molecule has 0 atom stereocenters. The Morgan fingerprint density at radius 2 is 1.08 bits per heavy atom. The standard InChI is InChI=1S/C25H25N5O4.C25H27N5O2/c1-17-14-21(30(32)33)10-11-22(17)29(24(31)34-25(2,3)4)23-15-19(16-26-23)18-6-8-20(9-7-18)28-13-5-12-27-28;1-17-14-20(26)8-11-22(17)30(24(31)32-25(2,3)4)23-15-19(16-27-23)18-6-9-21(10-7-18)29-13-5-12-28-29/h5-15H,16H2,1-4H3;5-15H,16,26H2,1-4H3. The third kappa shape index (κ3) is 11.0. The van der Waals surface area contributed by atoms with Gasteiger partial charge in [-0.1, -0.05) is 24.3 Å². The Hall–Kier alpha value is -8.14. The van der Waals surface area contributed by atoms with Crippen molar-refractivity contribution in [3.05, 3.63) is 166 Å². The number of aliphatic imine (C=N–C) groups is 2. The third-order valence-corrected chi connectivity index (χ3v) is 10.1. The van der Waals surface area contributed by atoms with E-state index in [0.29, 0.717) is 47.4 Å². The van der Waals surface area contributed by atoms with Crippen molar-refractivity contribution in [3.8, 4) is 11.4 Å². The first-order chi connectivity index (χ1) is 31.3. The third-order valence-electron chi connectivity index (χ3n) is 10.1. The number of nitrogens with two attached hydrogens (primary N) is 1. The number of nitro benzene ring substituents is 1. The largest absolute Gasteiger partial charge is 0.443 e. The molecule has 0 unspecified atom stereocenters. The Balaban J connectivity index is 0.000000197. The molecule has 0 fully saturated rings. The Kier molecular flexibility index (Phi) is 13.1. The molecule has 6 aromatic rings. The van der Waals surface area contributed by atoms with Gasteiger partial charge in [0.1, 0.15) is 22.9 Å². The van der Waals surface area contributed by atoms with Crippen LogP contribution in [0.25, 0.3) is 22.5 Å². The van der Waals surface area contributed by atoms with Gasteiger partial charge in [0.05, 0.1) is 40.8 Å². The zero-order valence-corrected chi connectivity index (χ0v) is 38.2. The quantitative estimate of drug-likeness (QED) is 0.0924. The van der Waals surface area contributed by atoms with Crippen molar-refractivity contribution in [2.45, 2.75) is 66.6 Å². The van der Waals surface area contributed by atoms with Gasteiger partial charge in [-0.3, -0.25) is 20.1 Å². The monoisotopic (exact) mass is 888 g/mol. The van der Waals surface area contributed by atoms with Gasteiger partial charge in [-0.15, -0.1) is 0 Å². The van der Waals surface area contributed by atoms with Crippen molar-refractivity contribution in [1.82, 2.24) is 19.6 Å². The lowest BCUT2D eigenvalue weighted by molar-refractivity contribution is -0.384. The Morgan fingerprint density at radius 1 is 0.652 bits per heavy atom. The predicted molar refractivity (Wildman–Crippen MR) is 259 cm³/mol. The van der Waals surface area contributed by atoms with E-state index in [-0.39, 0.29) is 5.69 Å². The van der Waals surface area contributed by atoms with Gasteiger partial charge in [0, 0.05) is 42.6 Å². The molecule has 0 radical (unpaired) electrons. The number of aryl methyl sites for hydroxylation is 2. The smallest absolute Gasteiger partial charge is 0.420 e. The van der Waals surface area contributed by atoms with Gasteiger partial charge in [0.15, 0.2) is 0 Å². The van der Waals surface area contributed by atoms with Crippen LogP contribution in [0.1, 0.15) is 63.8 Å². The highest BCUT2D eigenvalue weighted by atomic mass is 16.6. The lowest BCUT2D eigenvalue weighted by atomic mass is 10.1. The SMILES string of the molecule is Cc1cc(N)ccc1N(C(=O)OC(C)(C)C)C1=NCC(c2ccc(-n3cccn3)cc2)=C1.Cc1cc([N+](=O)[O-])ccc1N(C(=O)OC(C)(C)C)C1=NCC(c2ccc(-n3cccn3)cc2)=C1. The van der Waals surface area contributed by atoms with E-state index in [4.69, 9.17) is 15.2 Å². The summed E-state index contributed by atoms with van der Waals surface area (Å²) < 4.78 is 14.9. The number of nitrogens with zero attached hydrogens (tertiary/aromatic N) is 9. The van der Waals surface area contributed by atoms with Crippen LogP contribution >= 0.6 is 0 Å². The molecule has 0 saturated carbocycles. The first-order valence-electron chi connectivity index (χ1n) is 21.2. The summed E-state index contributed by atoms with van der Waals surface area (Å²) in [5.74, 6) is 0.954.